The van der Waals surface area contributed by atoms with Gasteiger partial charge in [0.1, 0.15) is 0 Å². The quantitative estimate of drug-likeness (QED) is 0.726. The van der Waals surface area contributed by atoms with Crippen LogP contribution >= 0.6 is 0 Å². The summed E-state index contributed by atoms with van der Waals surface area (Å²) >= 11 is 0. The van der Waals surface area contributed by atoms with Crippen LogP contribution in [0.4, 0.5) is 5.69 Å². The first-order chi connectivity index (χ1) is 10.0. The number of esters is 1. The highest BCUT2D eigenvalue weighted by molar-refractivity contribution is 6.08. The van der Waals surface area contributed by atoms with Crippen molar-refractivity contribution in [3.05, 3.63) is 47.5 Å². The Balaban J connectivity index is 2.22. The van der Waals surface area contributed by atoms with Crippen molar-refractivity contribution in [2.75, 3.05) is 12.4 Å². The first kappa shape index (κ1) is 14.3. The van der Waals surface area contributed by atoms with E-state index in [9.17, 15) is 14.4 Å². The first-order valence-corrected chi connectivity index (χ1v) is 5.79. The molecule has 0 radical (unpaired) electrons. The number of carbonyl (C=O) groups excluding carboxylic acids is 2. The third kappa shape index (κ3) is 3.06. The van der Waals surface area contributed by atoms with Gasteiger partial charge in [-0.05, 0) is 18.2 Å². The number of nitrogens with one attached hydrogen (secondary N) is 2. The molecule has 3 N–H and O–H groups in total. The molecule has 8 nitrogen and oxygen atoms in total. The summed E-state index contributed by atoms with van der Waals surface area (Å²) in [5, 5.41) is 11.4. The van der Waals surface area contributed by atoms with Crippen LogP contribution in [0, 0.1) is 0 Å². The molecule has 1 aromatic carbocycles. The van der Waals surface area contributed by atoms with E-state index in [1.807, 2.05) is 0 Å². The number of rotatable bonds is 4. The molecule has 108 valence electrons. The van der Waals surface area contributed by atoms with Crippen molar-refractivity contribution in [1.29, 1.82) is 0 Å². The van der Waals surface area contributed by atoms with Crippen LogP contribution in [0.3, 0.4) is 0 Å². The van der Waals surface area contributed by atoms with Gasteiger partial charge in [0, 0.05) is 5.69 Å². The number of amides is 1. The number of aromatic nitrogens is 2. The molecule has 0 saturated heterocycles. The third-order valence-electron chi connectivity index (χ3n) is 2.61. The summed E-state index contributed by atoms with van der Waals surface area (Å²) in [4.78, 5) is 40.3. The van der Waals surface area contributed by atoms with E-state index in [1.165, 1.54) is 19.2 Å². The van der Waals surface area contributed by atoms with E-state index in [1.54, 1.807) is 12.1 Å². The number of ether oxygens (including phenoxy) is 1. The molecule has 0 aliphatic rings. The number of carbonyl (C=O) groups is 3. The maximum Gasteiger partial charge on any atom is 0.354 e. The predicted molar refractivity (Wildman–Crippen MR) is 71.3 cm³/mol. The number of methoxy groups -OCH3 is 1. The smallest absolute Gasteiger partial charge is 0.354 e. The summed E-state index contributed by atoms with van der Waals surface area (Å²) in [6.07, 6.45) is 1.11. The van der Waals surface area contributed by atoms with Crippen molar-refractivity contribution >= 4 is 23.5 Å². The molecule has 0 aliphatic carbocycles. The van der Waals surface area contributed by atoms with Crippen molar-refractivity contribution in [2.45, 2.75) is 0 Å². The van der Waals surface area contributed by atoms with Gasteiger partial charge in [0.05, 0.1) is 19.0 Å². The monoisotopic (exact) mass is 289 g/mol. The van der Waals surface area contributed by atoms with E-state index in [0.717, 1.165) is 6.33 Å². The SMILES string of the molecule is COC(=O)c1cccc(NC(=O)c2nc[nH]c2C(=O)O)c1. The summed E-state index contributed by atoms with van der Waals surface area (Å²) in [7, 11) is 1.25. The standard InChI is InChI=1S/C13H11N3O5/c1-21-13(20)7-3-2-4-8(5-7)16-11(17)9-10(12(18)19)15-6-14-9/h2-6H,1H3,(H,14,15)(H,16,17)(H,18,19). The summed E-state index contributed by atoms with van der Waals surface area (Å²) < 4.78 is 4.57. The average Bonchev–Trinajstić information content (AvgIpc) is 2.96. The van der Waals surface area contributed by atoms with E-state index in [-0.39, 0.29) is 17.0 Å². The van der Waals surface area contributed by atoms with Crippen LogP contribution in [0.1, 0.15) is 31.3 Å². The molecule has 0 fully saturated rings. The lowest BCUT2D eigenvalue weighted by Gasteiger charge is -2.05. The lowest BCUT2D eigenvalue weighted by Crippen LogP contribution is -2.16. The largest absolute Gasteiger partial charge is 0.477 e. The van der Waals surface area contributed by atoms with Gasteiger partial charge in [-0.1, -0.05) is 6.07 Å². The molecule has 2 rings (SSSR count). The highest BCUT2D eigenvalue weighted by atomic mass is 16.5. The van der Waals surface area contributed by atoms with Crippen LogP contribution in [0.15, 0.2) is 30.6 Å². The van der Waals surface area contributed by atoms with Gasteiger partial charge >= 0.3 is 11.9 Å². The normalized spacial score (nSPS) is 9.95. The summed E-state index contributed by atoms with van der Waals surface area (Å²) in [5.74, 6) is -2.53. The molecule has 0 bridgehead atoms. The minimum Gasteiger partial charge on any atom is -0.477 e. The van der Waals surface area contributed by atoms with Crippen LogP contribution in [0.5, 0.6) is 0 Å². The molecule has 1 aromatic heterocycles. The highest BCUT2D eigenvalue weighted by Crippen LogP contribution is 2.13. The number of nitrogens with zero attached hydrogens (tertiary/aromatic N) is 1. The Hall–Kier alpha value is -3.16. The second-order valence-electron chi connectivity index (χ2n) is 3.96. The van der Waals surface area contributed by atoms with Gasteiger partial charge < -0.3 is 20.1 Å². The van der Waals surface area contributed by atoms with Gasteiger partial charge in [-0.15, -0.1) is 0 Å². The molecular formula is C13H11N3O5. The van der Waals surface area contributed by atoms with Crippen molar-refractivity contribution in [2.24, 2.45) is 0 Å². The number of hydrogen-bond acceptors (Lipinski definition) is 5. The first-order valence-electron chi connectivity index (χ1n) is 5.79. The fourth-order valence-corrected chi connectivity index (χ4v) is 1.66. The molecule has 8 heteroatoms. The number of hydrogen-bond donors (Lipinski definition) is 3. The second-order valence-corrected chi connectivity index (χ2v) is 3.96. The van der Waals surface area contributed by atoms with Crippen LogP contribution < -0.4 is 5.32 Å². The zero-order chi connectivity index (χ0) is 15.4. The van der Waals surface area contributed by atoms with Gasteiger partial charge in [-0.2, -0.15) is 0 Å². The molecule has 0 spiro atoms. The number of carboxylic acids is 1. The Morgan fingerprint density at radius 1 is 1.33 bits per heavy atom. The Labute approximate surface area is 118 Å². The second kappa shape index (κ2) is 5.87. The number of carboxylic acid groups (broad SMARTS) is 1. The molecule has 0 aliphatic heterocycles. The minimum atomic E-state index is -1.29. The van der Waals surface area contributed by atoms with E-state index < -0.39 is 17.8 Å². The van der Waals surface area contributed by atoms with Crippen molar-refractivity contribution in [3.8, 4) is 0 Å². The van der Waals surface area contributed by atoms with Gasteiger partial charge in [-0.25, -0.2) is 14.6 Å². The molecule has 0 unspecified atom stereocenters. The lowest BCUT2D eigenvalue weighted by atomic mass is 10.2. The molecule has 0 atom stereocenters. The summed E-state index contributed by atoms with van der Waals surface area (Å²) in [6, 6.07) is 6.05. The van der Waals surface area contributed by atoms with E-state index in [2.05, 4.69) is 20.0 Å². The zero-order valence-electron chi connectivity index (χ0n) is 10.9. The van der Waals surface area contributed by atoms with E-state index >= 15 is 0 Å². The molecule has 0 saturated carbocycles. The molecule has 1 heterocycles. The maximum atomic E-state index is 12.0. The van der Waals surface area contributed by atoms with Crippen molar-refractivity contribution in [3.63, 3.8) is 0 Å². The molecular weight excluding hydrogens is 278 g/mol. The van der Waals surface area contributed by atoms with Crippen LogP contribution in [0.25, 0.3) is 0 Å². The number of H-pyrrole nitrogens is 1. The van der Waals surface area contributed by atoms with Crippen LogP contribution in [-0.2, 0) is 4.74 Å². The topological polar surface area (TPSA) is 121 Å². The summed E-state index contributed by atoms with van der Waals surface area (Å²) in [6.45, 7) is 0. The van der Waals surface area contributed by atoms with Crippen LogP contribution in [-0.4, -0.2) is 40.0 Å². The lowest BCUT2D eigenvalue weighted by molar-refractivity contribution is 0.0599. The Kier molecular flexibility index (Phi) is 3.98. The van der Waals surface area contributed by atoms with Gasteiger partial charge in [0.2, 0.25) is 0 Å². The molecule has 1 amide bonds. The molecule has 21 heavy (non-hydrogen) atoms. The fourth-order valence-electron chi connectivity index (χ4n) is 1.66. The van der Waals surface area contributed by atoms with E-state index in [0.29, 0.717) is 5.69 Å². The Bertz CT molecular complexity index is 707. The van der Waals surface area contributed by atoms with Crippen molar-refractivity contribution < 1.29 is 24.2 Å². The van der Waals surface area contributed by atoms with Gasteiger partial charge in [0.25, 0.3) is 5.91 Å². The van der Waals surface area contributed by atoms with E-state index in [4.69, 9.17) is 5.11 Å². The number of imidazole rings is 1. The Morgan fingerprint density at radius 2 is 2.10 bits per heavy atom. The predicted octanol–water partition coefficient (Wildman–Crippen LogP) is 1.15. The Morgan fingerprint density at radius 3 is 2.76 bits per heavy atom. The zero-order valence-corrected chi connectivity index (χ0v) is 10.9. The third-order valence-corrected chi connectivity index (χ3v) is 2.61. The number of anilines is 1. The average molecular weight is 289 g/mol. The maximum absolute atomic E-state index is 12.0. The van der Waals surface area contributed by atoms with Crippen molar-refractivity contribution in [1.82, 2.24) is 9.97 Å². The minimum absolute atomic E-state index is 0.244. The number of benzene rings is 1. The fraction of sp³-hybridized carbons (Fsp3) is 0.0769. The highest BCUT2D eigenvalue weighted by Gasteiger charge is 2.20. The van der Waals surface area contributed by atoms with Crippen LogP contribution in [0.2, 0.25) is 0 Å². The molecule has 2 aromatic rings. The van der Waals surface area contributed by atoms with Gasteiger partial charge in [0.15, 0.2) is 11.4 Å². The summed E-state index contributed by atoms with van der Waals surface area (Å²) in [5.41, 5.74) is 0.0284. The number of aromatic carboxylic acids is 1. The van der Waals surface area contributed by atoms with Gasteiger partial charge in [-0.3, -0.25) is 4.79 Å². The number of aromatic amines is 1.